The number of aromatic nitrogens is 3. The van der Waals surface area contributed by atoms with E-state index in [4.69, 9.17) is 0 Å². The van der Waals surface area contributed by atoms with Crippen LogP contribution in [0.4, 0.5) is 0 Å². The van der Waals surface area contributed by atoms with Crippen LogP contribution < -0.4 is 0 Å². The highest BCUT2D eigenvalue weighted by Gasteiger charge is 2.24. The quantitative estimate of drug-likeness (QED) is 0.896. The molecular formula is C15H17N3O. The van der Waals surface area contributed by atoms with E-state index in [0.29, 0.717) is 5.82 Å². The number of aliphatic hydroxyl groups is 1. The Kier molecular flexibility index (Phi) is 3.51. The number of hydrogen-bond acceptors (Lipinski definition) is 4. The molecule has 19 heavy (non-hydrogen) atoms. The number of rotatable bonds is 2. The molecule has 2 aromatic rings. The summed E-state index contributed by atoms with van der Waals surface area (Å²) in [6.45, 7) is 0. The van der Waals surface area contributed by atoms with Gasteiger partial charge in [0.25, 0.3) is 0 Å². The van der Waals surface area contributed by atoms with Crippen LogP contribution >= 0.6 is 0 Å². The molecule has 0 spiro atoms. The highest BCUT2D eigenvalue weighted by Crippen LogP contribution is 2.31. The molecule has 98 valence electrons. The van der Waals surface area contributed by atoms with E-state index in [2.05, 4.69) is 15.0 Å². The van der Waals surface area contributed by atoms with Gasteiger partial charge in [-0.2, -0.15) is 0 Å². The summed E-state index contributed by atoms with van der Waals surface area (Å²) in [5.41, 5.74) is 1.00. The molecule has 0 bridgehead atoms. The average Bonchev–Trinajstić information content (AvgIpc) is 2.48. The predicted octanol–water partition coefficient (Wildman–Crippen LogP) is 2.56. The van der Waals surface area contributed by atoms with Crippen LogP contribution in [0, 0.1) is 0 Å². The number of aliphatic hydroxyl groups excluding tert-OH is 1. The van der Waals surface area contributed by atoms with Crippen molar-refractivity contribution in [2.75, 3.05) is 0 Å². The van der Waals surface area contributed by atoms with Gasteiger partial charge >= 0.3 is 0 Å². The lowest BCUT2D eigenvalue weighted by molar-refractivity contribution is 0.118. The van der Waals surface area contributed by atoms with Crippen LogP contribution in [0.2, 0.25) is 0 Å². The summed E-state index contributed by atoms with van der Waals surface area (Å²) in [5, 5.41) is 9.76. The topological polar surface area (TPSA) is 58.9 Å². The third kappa shape index (κ3) is 2.79. The maximum atomic E-state index is 9.76. The Balaban J connectivity index is 1.88. The molecule has 1 saturated carbocycles. The van der Waals surface area contributed by atoms with Crippen LogP contribution in [0.25, 0.3) is 11.4 Å². The third-order valence-electron chi connectivity index (χ3n) is 3.63. The van der Waals surface area contributed by atoms with E-state index in [1.165, 1.54) is 0 Å². The van der Waals surface area contributed by atoms with Gasteiger partial charge in [-0.15, -0.1) is 0 Å². The number of benzene rings is 1. The Hall–Kier alpha value is -1.81. The maximum Gasteiger partial charge on any atom is 0.163 e. The summed E-state index contributed by atoms with van der Waals surface area (Å²) < 4.78 is 0. The third-order valence-corrected chi connectivity index (χ3v) is 3.63. The second-order valence-electron chi connectivity index (χ2n) is 5.05. The van der Waals surface area contributed by atoms with E-state index in [9.17, 15) is 5.11 Å². The van der Waals surface area contributed by atoms with Crippen LogP contribution in [0.15, 0.2) is 36.7 Å². The molecule has 4 nitrogen and oxygen atoms in total. The van der Waals surface area contributed by atoms with Gasteiger partial charge in [-0.25, -0.2) is 15.0 Å². The van der Waals surface area contributed by atoms with Gasteiger partial charge in [0.2, 0.25) is 0 Å². The fourth-order valence-corrected chi connectivity index (χ4v) is 2.63. The summed E-state index contributed by atoms with van der Waals surface area (Å²) in [5.74, 6) is 1.78. The molecule has 1 aromatic heterocycles. The summed E-state index contributed by atoms with van der Waals surface area (Å²) >= 11 is 0. The molecule has 2 unspecified atom stereocenters. The monoisotopic (exact) mass is 255 g/mol. The first-order valence-electron chi connectivity index (χ1n) is 6.75. The lowest BCUT2D eigenvalue weighted by Crippen LogP contribution is -2.20. The number of hydrogen-bond donors (Lipinski definition) is 1. The zero-order valence-corrected chi connectivity index (χ0v) is 10.7. The zero-order valence-electron chi connectivity index (χ0n) is 10.7. The summed E-state index contributed by atoms with van der Waals surface area (Å²) in [4.78, 5) is 13.1. The van der Waals surface area contributed by atoms with Gasteiger partial charge in [0, 0.05) is 11.5 Å². The van der Waals surface area contributed by atoms with Crippen molar-refractivity contribution >= 4 is 0 Å². The zero-order chi connectivity index (χ0) is 13.1. The molecule has 2 atom stereocenters. The minimum atomic E-state index is -0.212. The van der Waals surface area contributed by atoms with E-state index in [1.807, 2.05) is 30.3 Å². The van der Waals surface area contributed by atoms with Crippen LogP contribution in [-0.4, -0.2) is 26.2 Å². The van der Waals surface area contributed by atoms with Crippen molar-refractivity contribution in [2.24, 2.45) is 0 Å². The normalized spacial score (nSPS) is 23.2. The Morgan fingerprint density at radius 2 is 1.89 bits per heavy atom. The Labute approximate surface area is 112 Å². The molecule has 1 aliphatic carbocycles. The molecule has 1 heterocycles. The van der Waals surface area contributed by atoms with E-state index in [-0.39, 0.29) is 12.0 Å². The lowest BCUT2D eigenvalue weighted by Gasteiger charge is -2.24. The molecule has 3 rings (SSSR count). The van der Waals surface area contributed by atoms with Gasteiger partial charge in [-0.1, -0.05) is 36.8 Å². The van der Waals surface area contributed by atoms with Crippen LogP contribution in [-0.2, 0) is 0 Å². The van der Waals surface area contributed by atoms with Crippen molar-refractivity contribution in [3.63, 3.8) is 0 Å². The van der Waals surface area contributed by atoms with Crippen molar-refractivity contribution in [3.05, 3.63) is 42.5 Å². The van der Waals surface area contributed by atoms with E-state index < -0.39 is 0 Å². The minimum absolute atomic E-state index is 0.212. The van der Waals surface area contributed by atoms with Gasteiger partial charge in [0.15, 0.2) is 5.82 Å². The van der Waals surface area contributed by atoms with Gasteiger partial charge in [-0.3, -0.25) is 0 Å². The smallest absolute Gasteiger partial charge is 0.163 e. The van der Waals surface area contributed by atoms with Crippen LogP contribution in [0.5, 0.6) is 0 Å². The van der Waals surface area contributed by atoms with E-state index in [0.717, 1.165) is 37.1 Å². The Morgan fingerprint density at radius 3 is 2.68 bits per heavy atom. The van der Waals surface area contributed by atoms with Gasteiger partial charge in [-0.05, 0) is 19.3 Å². The molecular weight excluding hydrogens is 238 g/mol. The molecule has 0 amide bonds. The maximum absolute atomic E-state index is 9.76. The van der Waals surface area contributed by atoms with E-state index in [1.54, 1.807) is 6.33 Å². The largest absolute Gasteiger partial charge is 0.393 e. The SMILES string of the molecule is OC1CCCC(c2ncnc(-c3ccccc3)n2)C1. The van der Waals surface area contributed by atoms with E-state index >= 15 is 0 Å². The highest BCUT2D eigenvalue weighted by molar-refractivity contribution is 5.53. The Bertz CT molecular complexity index is 544. The minimum Gasteiger partial charge on any atom is -0.393 e. The average molecular weight is 255 g/mol. The van der Waals surface area contributed by atoms with Crippen molar-refractivity contribution in [2.45, 2.75) is 37.7 Å². The summed E-state index contributed by atoms with van der Waals surface area (Å²) in [6.07, 6.45) is 5.11. The fourth-order valence-electron chi connectivity index (χ4n) is 2.63. The Morgan fingerprint density at radius 1 is 1.05 bits per heavy atom. The lowest BCUT2D eigenvalue weighted by atomic mass is 9.87. The molecule has 1 N–H and O–H groups in total. The van der Waals surface area contributed by atoms with Gasteiger partial charge in [0.05, 0.1) is 6.10 Å². The fraction of sp³-hybridized carbons (Fsp3) is 0.400. The standard InChI is InChI=1S/C15H17N3O/c19-13-8-4-7-12(9-13)15-17-10-16-14(18-15)11-5-2-1-3-6-11/h1-3,5-6,10,12-13,19H,4,7-9H2. The summed E-state index contributed by atoms with van der Waals surface area (Å²) in [7, 11) is 0. The van der Waals surface area contributed by atoms with Crippen molar-refractivity contribution in [1.82, 2.24) is 15.0 Å². The highest BCUT2D eigenvalue weighted by atomic mass is 16.3. The van der Waals surface area contributed by atoms with Gasteiger partial charge in [0.1, 0.15) is 12.2 Å². The van der Waals surface area contributed by atoms with Gasteiger partial charge < -0.3 is 5.11 Å². The molecule has 0 radical (unpaired) electrons. The first-order chi connectivity index (χ1) is 9.33. The van der Waals surface area contributed by atoms with Crippen molar-refractivity contribution in [1.29, 1.82) is 0 Å². The van der Waals surface area contributed by atoms with Crippen LogP contribution in [0.1, 0.15) is 37.4 Å². The first-order valence-corrected chi connectivity index (χ1v) is 6.75. The first kappa shape index (κ1) is 12.2. The predicted molar refractivity (Wildman–Crippen MR) is 72.5 cm³/mol. The van der Waals surface area contributed by atoms with Crippen LogP contribution in [0.3, 0.4) is 0 Å². The molecule has 0 aliphatic heterocycles. The molecule has 0 saturated heterocycles. The second kappa shape index (κ2) is 5.45. The molecule has 4 heteroatoms. The molecule has 1 aliphatic rings. The number of nitrogens with zero attached hydrogens (tertiary/aromatic N) is 3. The second-order valence-corrected chi connectivity index (χ2v) is 5.05. The molecule has 1 aromatic carbocycles. The molecule has 1 fully saturated rings. The van der Waals surface area contributed by atoms with Crippen molar-refractivity contribution in [3.8, 4) is 11.4 Å². The van der Waals surface area contributed by atoms with Crippen molar-refractivity contribution < 1.29 is 5.11 Å². The summed E-state index contributed by atoms with van der Waals surface area (Å²) in [6, 6.07) is 9.92.